The van der Waals surface area contributed by atoms with Crippen molar-refractivity contribution in [1.82, 2.24) is 9.97 Å². The third-order valence-electron chi connectivity index (χ3n) is 4.68. The van der Waals surface area contributed by atoms with Crippen LogP contribution in [0.1, 0.15) is 31.3 Å². The molecule has 2 aromatic heterocycles. The number of pyridine rings is 1. The van der Waals surface area contributed by atoms with Crippen LogP contribution in [0.15, 0.2) is 60.7 Å². The van der Waals surface area contributed by atoms with Crippen LogP contribution in [0.25, 0.3) is 22.0 Å². The van der Waals surface area contributed by atoms with Crippen LogP contribution in [-0.2, 0) is 4.74 Å². The number of benzene rings is 2. The Morgan fingerprint density at radius 1 is 1.06 bits per heavy atom. The van der Waals surface area contributed by atoms with Gasteiger partial charge < -0.3 is 19.2 Å². The number of ether oxygens (including phenoxy) is 3. The van der Waals surface area contributed by atoms with Crippen LogP contribution in [0.5, 0.6) is 17.4 Å². The van der Waals surface area contributed by atoms with Crippen molar-refractivity contribution in [2.45, 2.75) is 26.9 Å². The highest BCUT2D eigenvalue weighted by Crippen LogP contribution is 2.36. The Morgan fingerprint density at radius 2 is 1.81 bits per heavy atom. The van der Waals surface area contributed by atoms with Crippen LogP contribution in [0.3, 0.4) is 0 Å². The van der Waals surface area contributed by atoms with Gasteiger partial charge >= 0.3 is 5.97 Å². The third kappa shape index (κ3) is 4.70. The van der Waals surface area contributed by atoms with Gasteiger partial charge in [0.25, 0.3) is 0 Å². The molecular formula is C25H23ClN2O4. The van der Waals surface area contributed by atoms with E-state index in [0.717, 1.165) is 27.8 Å². The van der Waals surface area contributed by atoms with Crippen LogP contribution in [-0.4, -0.2) is 28.6 Å². The predicted octanol–water partition coefficient (Wildman–Crippen LogP) is 6.64. The van der Waals surface area contributed by atoms with E-state index >= 15 is 0 Å². The van der Waals surface area contributed by atoms with Gasteiger partial charge in [-0.1, -0.05) is 29.8 Å². The summed E-state index contributed by atoms with van der Waals surface area (Å²) < 4.78 is 16.9. The molecular weight excluding hydrogens is 428 g/mol. The van der Waals surface area contributed by atoms with Gasteiger partial charge in [-0.3, -0.25) is 0 Å². The molecule has 0 saturated heterocycles. The van der Waals surface area contributed by atoms with Gasteiger partial charge in [-0.05, 0) is 56.7 Å². The second kappa shape index (κ2) is 9.32. The lowest BCUT2D eigenvalue weighted by Gasteiger charge is -2.11. The van der Waals surface area contributed by atoms with Crippen LogP contribution in [0.2, 0.25) is 5.15 Å². The number of aromatic amines is 1. The van der Waals surface area contributed by atoms with Gasteiger partial charge in [-0.25, -0.2) is 9.78 Å². The lowest BCUT2D eigenvalue weighted by atomic mass is 10.0. The Balaban J connectivity index is 1.76. The van der Waals surface area contributed by atoms with Crippen molar-refractivity contribution in [3.8, 4) is 28.5 Å². The Bertz CT molecular complexity index is 1250. The SMILES string of the molecule is CCOC(=O)c1[nH]c2cc(Oc3cccc(Cl)n3)ccc2c1-c1ccc(OC(C)C)cc1. The van der Waals surface area contributed by atoms with Crippen molar-refractivity contribution in [2.24, 2.45) is 0 Å². The van der Waals surface area contributed by atoms with Gasteiger partial charge in [0.05, 0.1) is 18.2 Å². The molecule has 0 saturated carbocycles. The number of carbonyl (C=O) groups is 1. The number of aromatic nitrogens is 2. The number of hydrogen-bond donors (Lipinski definition) is 1. The molecule has 0 spiro atoms. The molecule has 164 valence electrons. The molecule has 7 heteroatoms. The topological polar surface area (TPSA) is 73.4 Å². The van der Waals surface area contributed by atoms with E-state index in [-0.39, 0.29) is 12.7 Å². The number of halogens is 1. The average Bonchev–Trinajstić information content (AvgIpc) is 3.13. The number of hydrogen-bond acceptors (Lipinski definition) is 5. The molecule has 2 heterocycles. The van der Waals surface area contributed by atoms with E-state index < -0.39 is 5.97 Å². The third-order valence-corrected chi connectivity index (χ3v) is 4.89. The van der Waals surface area contributed by atoms with E-state index in [9.17, 15) is 4.79 Å². The first-order valence-corrected chi connectivity index (χ1v) is 10.7. The molecule has 0 radical (unpaired) electrons. The smallest absolute Gasteiger partial charge is 0.355 e. The summed E-state index contributed by atoms with van der Waals surface area (Å²) in [5.41, 5.74) is 2.77. The van der Waals surface area contributed by atoms with Crippen LogP contribution in [0, 0.1) is 0 Å². The van der Waals surface area contributed by atoms with Crippen molar-refractivity contribution in [3.05, 3.63) is 71.5 Å². The number of fused-ring (bicyclic) bond motifs is 1. The zero-order valence-electron chi connectivity index (χ0n) is 18.0. The Kier molecular flexibility index (Phi) is 6.32. The van der Waals surface area contributed by atoms with E-state index in [1.165, 1.54) is 0 Å². The second-order valence-electron chi connectivity index (χ2n) is 7.39. The van der Waals surface area contributed by atoms with Gasteiger partial charge in [0.1, 0.15) is 22.3 Å². The largest absolute Gasteiger partial charge is 0.491 e. The minimum absolute atomic E-state index is 0.0800. The number of rotatable bonds is 7. The van der Waals surface area contributed by atoms with E-state index in [4.69, 9.17) is 25.8 Å². The number of H-pyrrole nitrogens is 1. The molecule has 0 atom stereocenters. The normalized spacial score (nSPS) is 11.0. The number of nitrogens with one attached hydrogen (secondary N) is 1. The Hall–Kier alpha value is -3.51. The second-order valence-corrected chi connectivity index (χ2v) is 7.78. The highest BCUT2D eigenvalue weighted by atomic mass is 35.5. The summed E-state index contributed by atoms with van der Waals surface area (Å²) in [5, 5.41) is 1.22. The molecule has 4 rings (SSSR count). The van der Waals surface area contributed by atoms with E-state index in [1.54, 1.807) is 25.1 Å². The Labute approximate surface area is 191 Å². The quantitative estimate of drug-likeness (QED) is 0.252. The standard InChI is InChI=1S/C25H23ClN2O4/c1-4-30-25(29)24-23(16-8-10-17(11-9-16)31-15(2)3)19-13-12-18(14-20(19)27-24)32-22-7-5-6-21(26)28-22/h5-15,27H,4H2,1-3H3. The fraction of sp³-hybridized carbons (Fsp3) is 0.200. The average molecular weight is 451 g/mol. The zero-order valence-corrected chi connectivity index (χ0v) is 18.8. The van der Waals surface area contributed by atoms with Crippen molar-refractivity contribution >= 4 is 28.5 Å². The molecule has 32 heavy (non-hydrogen) atoms. The van der Waals surface area contributed by atoms with Gasteiger partial charge in [0, 0.05) is 23.1 Å². The predicted molar refractivity (Wildman–Crippen MR) is 125 cm³/mol. The number of carbonyl (C=O) groups excluding carboxylic acids is 1. The summed E-state index contributed by atoms with van der Waals surface area (Å²) in [6, 6.07) is 18.4. The molecule has 0 fully saturated rings. The van der Waals surface area contributed by atoms with E-state index in [1.807, 2.05) is 56.3 Å². The summed E-state index contributed by atoms with van der Waals surface area (Å²) in [6.07, 6.45) is 0.0800. The maximum Gasteiger partial charge on any atom is 0.355 e. The maximum atomic E-state index is 12.7. The summed E-state index contributed by atoms with van der Waals surface area (Å²) in [6.45, 7) is 6.02. The molecule has 0 aliphatic heterocycles. The van der Waals surface area contributed by atoms with Crippen LogP contribution < -0.4 is 9.47 Å². The molecule has 1 N–H and O–H groups in total. The highest BCUT2D eigenvalue weighted by molar-refractivity contribution is 6.29. The summed E-state index contributed by atoms with van der Waals surface area (Å²) in [5.74, 6) is 1.30. The molecule has 4 aromatic rings. The summed E-state index contributed by atoms with van der Waals surface area (Å²) in [7, 11) is 0. The first kappa shape index (κ1) is 21.7. The first-order chi connectivity index (χ1) is 15.4. The van der Waals surface area contributed by atoms with Crippen LogP contribution >= 0.6 is 11.6 Å². The zero-order chi connectivity index (χ0) is 22.7. The summed E-state index contributed by atoms with van der Waals surface area (Å²) >= 11 is 5.94. The van der Waals surface area contributed by atoms with E-state index in [0.29, 0.717) is 22.5 Å². The van der Waals surface area contributed by atoms with Crippen molar-refractivity contribution < 1.29 is 19.0 Å². The monoisotopic (exact) mass is 450 g/mol. The fourth-order valence-corrected chi connectivity index (χ4v) is 3.59. The molecule has 0 aliphatic rings. The number of nitrogens with zero attached hydrogens (tertiary/aromatic N) is 1. The molecule has 0 aliphatic carbocycles. The van der Waals surface area contributed by atoms with E-state index in [2.05, 4.69) is 9.97 Å². The molecule has 6 nitrogen and oxygen atoms in total. The minimum atomic E-state index is -0.416. The minimum Gasteiger partial charge on any atom is -0.491 e. The highest BCUT2D eigenvalue weighted by Gasteiger charge is 2.21. The van der Waals surface area contributed by atoms with Crippen LogP contribution in [0.4, 0.5) is 0 Å². The molecule has 0 unspecified atom stereocenters. The van der Waals surface area contributed by atoms with Gasteiger partial charge in [-0.2, -0.15) is 0 Å². The lowest BCUT2D eigenvalue weighted by molar-refractivity contribution is 0.0521. The Morgan fingerprint density at radius 3 is 2.50 bits per heavy atom. The van der Waals surface area contributed by atoms with Gasteiger partial charge in [-0.15, -0.1) is 0 Å². The van der Waals surface area contributed by atoms with Gasteiger partial charge in [0.15, 0.2) is 0 Å². The van der Waals surface area contributed by atoms with Crippen molar-refractivity contribution in [2.75, 3.05) is 6.61 Å². The molecule has 0 bridgehead atoms. The molecule has 0 amide bonds. The lowest BCUT2D eigenvalue weighted by Crippen LogP contribution is -2.07. The number of esters is 1. The van der Waals surface area contributed by atoms with Crippen molar-refractivity contribution in [1.29, 1.82) is 0 Å². The summed E-state index contributed by atoms with van der Waals surface area (Å²) in [4.78, 5) is 20.0. The first-order valence-electron chi connectivity index (χ1n) is 10.3. The maximum absolute atomic E-state index is 12.7. The van der Waals surface area contributed by atoms with Gasteiger partial charge in [0.2, 0.25) is 5.88 Å². The molecule has 2 aromatic carbocycles. The fourth-order valence-electron chi connectivity index (χ4n) is 3.44. The van der Waals surface area contributed by atoms with Crippen molar-refractivity contribution in [3.63, 3.8) is 0 Å².